The van der Waals surface area contributed by atoms with Crippen molar-refractivity contribution >= 4 is 64.2 Å². The maximum atomic E-state index is 12.6. The molecular formula is C15H8Cl4N2O3. The number of carbonyl (C=O) groups excluding carboxylic acids is 3. The minimum atomic E-state index is -1.31. The van der Waals surface area contributed by atoms with Crippen molar-refractivity contribution in [3.05, 3.63) is 67.6 Å². The van der Waals surface area contributed by atoms with E-state index in [4.69, 9.17) is 52.1 Å². The molecule has 0 aromatic heterocycles. The first-order chi connectivity index (χ1) is 11.3. The number of nitrogens with zero attached hydrogens (tertiary/aromatic N) is 1. The van der Waals surface area contributed by atoms with Gasteiger partial charge in [-0.2, -0.15) is 4.90 Å². The van der Waals surface area contributed by atoms with Gasteiger partial charge in [0.15, 0.2) is 0 Å². The number of nitrogens with two attached hydrogens (primary N) is 1. The Morgan fingerprint density at radius 1 is 0.792 bits per heavy atom. The Kier molecular flexibility index (Phi) is 5.72. The molecule has 9 heteroatoms. The van der Waals surface area contributed by atoms with Crippen LogP contribution in [0.2, 0.25) is 20.1 Å². The Morgan fingerprint density at radius 2 is 1.29 bits per heavy atom. The summed E-state index contributed by atoms with van der Waals surface area (Å²) in [6.45, 7) is 0. The SMILES string of the molecule is NC(=O)N(C(=O)c1cccc(Cl)c1Cl)C(=O)c1c(Cl)cccc1Cl. The van der Waals surface area contributed by atoms with Crippen LogP contribution in [0.5, 0.6) is 0 Å². The van der Waals surface area contributed by atoms with Gasteiger partial charge in [-0.1, -0.05) is 58.5 Å². The number of amides is 4. The topological polar surface area (TPSA) is 80.5 Å². The highest BCUT2D eigenvalue weighted by Crippen LogP contribution is 2.29. The van der Waals surface area contributed by atoms with Crippen LogP contribution in [0.15, 0.2) is 36.4 Å². The number of hydrogen-bond donors (Lipinski definition) is 1. The van der Waals surface area contributed by atoms with E-state index in [2.05, 4.69) is 0 Å². The zero-order valence-corrected chi connectivity index (χ0v) is 14.7. The van der Waals surface area contributed by atoms with Crippen LogP contribution in [0, 0.1) is 0 Å². The normalized spacial score (nSPS) is 10.3. The largest absolute Gasteiger partial charge is 0.351 e. The van der Waals surface area contributed by atoms with E-state index in [1.165, 1.54) is 36.4 Å². The summed E-state index contributed by atoms with van der Waals surface area (Å²) in [5.74, 6) is -2.12. The maximum absolute atomic E-state index is 12.6. The van der Waals surface area contributed by atoms with Gasteiger partial charge in [-0.05, 0) is 24.3 Å². The van der Waals surface area contributed by atoms with Gasteiger partial charge in [0.1, 0.15) is 0 Å². The highest BCUT2D eigenvalue weighted by molar-refractivity contribution is 6.45. The third kappa shape index (κ3) is 3.49. The summed E-state index contributed by atoms with van der Waals surface area (Å²) in [6.07, 6.45) is 0. The molecule has 0 saturated heterocycles. The van der Waals surface area contributed by atoms with Crippen LogP contribution in [0.25, 0.3) is 0 Å². The zero-order valence-electron chi connectivity index (χ0n) is 11.7. The lowest BCUT2D eigenvalue weighted by molar-refractivity contribution is 0.0675. The molecule has 24 heavy (non-hydrogen) atoms. The van der Waals surface area contributed by atoms with Gasteiger partial charge in [-0.25, -0.2) is 4.79 Å². The summed E-state index contributed by atoms with van der Waals surface area (Å²) in [5.41, 5.74) is 4.79. The summed E-state index contributed by atoms with van der Waals surface area (Å²) in [5, 5.41) is -0.115. The van der Waals surface area contributed by atoms with Crippen molar-refractivity contribution < 1.29 is 14.4 Å². The Labute approximate surface area is 156 Å². The van der Waals surface area contributed by atoms with Crippen LogP contribution in [0.1, 0.15) is 20.7 Å². The molecule has 0 fully saturated rings. The molecule has 0 spiro atoms. The molecule has 2 N–H and O–H groups in total. The number of carbonyl (C=O) groups is 3. The molecule has 124 valence electrons. The minimum absolute atomic E-state index is 0.0382. The highest BCUT2D eigenvalue weighted by atomic mass is 35.5. The van der Waals surface area contributed by atoms with Crippen LogP contribution >= 0.6 is 46.4 Å². The van der Waals surface area contributed by atoms with Crippen LogP contribution in [-0.4, -0.2) is 22.7 Å². The molecule has 2 aromatic rings. The van der Waals surface area contributed by atoms with Crippen molar-refractivity contribution in [2.75, 3.05) is 0 Å². The fraction of sp³-hybridized carbons (Fsp3) is 0. The van der Waals surface area contributed by atoms with E-state index < -0.39 is 17.8 Å². The Hall–Kier alpha value is -1.79. The van der Waals surface area contributed by atoms with E-state index in [-0.39, 0.29) is 36.1 Å². The lowest BCUT2D eigenvalue weighted by Crippen LogP contribution is -2.45. The Balaban J connectivity index is 2.54. The molecule has 0 radical (unpaired) electrons. The summed E-state index contributed by atoms with van der Waals surface area (Å²) < 4.78 is 0. The first-order valence-electron chi connectivity index (χ1n) is 6.32. The molecule has 0 atom stereocenters. The van der Waals surface area contributed by atoms with Crippen molar-refractivity contribution in [2.45, 2.75) is 0 Å². The lowest BCUT2D eigenvalue weighted by atomic mass is 10.1. The van der Waals surface area contributed by atoms with Crippen molar-refractivity contribution in [3.63, 3.8) is 0 Å². The lowest BCUT2D eigenvalue weighted by Gasteiger charge is -2.19. The predicted octanol–water partition coefficient (Wildman–Crippen LogP) is 4.66. The van der Waals surface area contributed by atoms with E-state index in [1.54, 1.807) is 0 Å². The van der Waals surface area contributed by atoms with E-state index in [1.807, 2.05) is 0 Å². The second kappa shape index (κ2) is 7.40. The van der Waals surface area contributed by atoms with Crippen LogP contribution in [-0.2, 0) is 0 Å². The molecular weight excluding hydrogens is 398 g/mol. The maximum Gasteiger partial charge on any atom is 0.328 e. The number of benzene rings is 2. The van der Waals surface area contributed by atoms with Gasteiger partial charge in [0.2, 0.25) is 0 Å². The molecule has 0 bridgehead atoms. The van der Waals surface area contributed by atoms with E-state index in [9.17, 15) is 14.4 Å². The monoisotopic (exact) mass is 404 g/mol. The van der Waals surface area contributed by atoms with Crippen molar-refractivity contribution in [1.29, 1.82) is 0 Å². The van der Waals surface area contributed by atoms with Crippen molar-refractivity contribution in [1.82, 2.24) is 4.90 Å². The number of urea groups is 1. The standard InChI is InChI=1S/C15H8Cl4N2O3/c16-8-4-2-5-9(17)11(8)14(23)21(15(20)24)13(22)7-3-1-6-10(18)12(7)19/h1-6H,(H2,20,24). The van der Waals surface area contributed by atoms with Crippen LogP contribution < -0.4 is 5.73 Å². The third-order valence-corrected chi connectivity index (χ3v) is 4.43. The number of primary amides is 1. The van der Waals surface area contributed by atoms with Gasteiger partial charge in [0.05, 0.1) is 31.2 Å². The second-order valence-electron chi connectivity index (χ2n) is 4.48. The molecule has 0 aliphatic carbocycles. The first kappa shape index (κ1) is 18.5. The van der Waals surface area contributed by atoms with Crippen molar-refractivity contribution in [3.8, 4) is 0 Å². The van der Waals surface area contributed by atoms with Gasteiger partial charge in [-0.15, -0.1) is 0 Å². The summed E-state index contributed by atoms with van der Waals surface area (Å²) in [4.78, 5) is 37.1. The molecule has 5 nitrogen and oxygen atoms in total. The fourth-order valence-corrected chi connectivity index (χ4v) is 2.84. The fourth-order valence-electron chi connectivity index (χ4n) is 1.90. The number of imide groups is 3. The Bertz CT molecular complexity index is 834. The summed E-state index contributed by atoms with van der Waals surface area (Å²) >= 11 is 23.7. The van der Waals surface area contributed by atoms with E-state index in [0.717, 1.165) is 0 Å². The number of halogens is 4. The second-order valence-corrected chi connectivity index (χ2v) is 6.08. The van der Waals surface area contributed by atoms with Gasteiger partial charge in [0.25, 0.3) is 11.8 Å². The minimum Gasteiger partial charge on any atom is -0.351 e. The molecule has 2 rings (SSSR count). The van der Waals surface area contributed by atoms with Crippen molar-refractivity contribution in [2.24, 2.45) is 5.73 Å². The average molecular weight is 406 g/mol. The van der Waals surface area contributed by atoms with Gasteiger partial charge in [-0.3, -0.25) is 9.59 Å². The number of hydrogen-bond acceptors (Lipinski definition) is 3. The highest BCUT2D eigenvalue weighted by Gasteiger charge is 2.32. The zero-order chi connectivity index (χ0) is 18.0. The van der Waals surface area contributed by atoms with Gasteiger partial charge < -0.3 is 5.73 Å². The van der Waals surface area contributed by atoms with Crippen LogP contribution in [0.4, 0.5) is 4.79 Å². The number of rotatable bonds is 2. The molecule has 2 aromatic carbocycles. The molecule has 0 unspecified atom stereocenters. The van der Waals surface area contributed by atoms with E-state index >= 15 is 0 Å². The van der Waals surface area contributed by atoms with E-state index in [0.29, 0.717) is 0 Å². The first-order valence-corrected chi connectivity index (χ1v) is 7.83. The Morgan fingerprint density at radius 3 is 1.83 bits per heavy atom. The molecule has 0 aliphatic heterocycles. The predicted molar refractivity (Wildman–Crippen MR) is 93.0 cm³/mol. The van der Waals surface area contributed by atoms with Gasteiger partial charge in [0, 0.05) is 0 Å². The summed E-state index contributed by atoms with van der Waals surface area (Å²) in [6, 6.07) is 7.15. The molecule has 0 saturated carbocycles. The quantitative estimate of drug-likeness (QED) is 0.737. The molecule has 4 amide bonds. The molecule has 0 aliphatic rings. The van der Waals surface area contributed by atoms with Crippen LogP contribution in [0.3, 0.4) is 0 Å². The summed E-state index contributed by atoms with van der Waals surface area (Å²) in [7, 11) is 0. The smallest absolute Gasteiger partial charge is 0.328 e. The van der Waals surface area contributed by atoms with Gasteiger partial charge >= 0.3 is 6.03 Å². The molecule has 0 heterocycles. The third-order valence-electron chi connectivity index (χ3n) is 2.99. The average Bonchev–Trinajstić information content (AvgIpc) is 2.49.